The highest BCUT2D eigenvalue weighted by atomic mass is 31.2. The molecule has 0 heterocycles. The minimum atomic E-state index is -4.43. The van der Waals surface area contributed by atoms with Crippen LogP contribution in [-0.2, 0) is 32.7 Å². The van der Waals surface area contributed by atoms with Crippen molar-refractivity contribution in [3.63, 3.8) is 0 Å². The molecule has 0 amide bonds. The number of hydrogen-bond donors (Lipinski definition) is 1. The van der Waals surface area contributed by atoms with Crippen molar-refractivity contribution in [1.29, 1.82) is 0 Å². The van der Waals surface area contributed by atoms with Crippen molar-refractivity contribution >= 4 is 19.8 Å². The van der Waals surface area contributed by atoms with Gasteiger partial charge in [-0.25, -0.2) is 4.57 Å². The molecule has 0 aromatic heterocycles. The van der Waals surface area contributed by atoms with Gasteiger partial charge in [-0.15, -0.1) is 0 Å². The largest absolute Gasteiger partial charge is 0.472 e. The van der Waals surface area contributed by atoms with Crippen LogP contribution in [0.15, 0.2) is 255 Å². The molecule has 0 rings (SSSR count). The number of rotatable bonds is 67. The van der Waals surface area contributed by atoms with Crippen molar-refractivity contribution in [3.05, 3.63) is 255 Å². The van der Waals surface area contributed by atoms with E-state index in [0.717, 1.165) is 173 Å². The maximum absolute atomic E-state index is 12.9. The molecule has 0 aromatic carbocycles. The van der Waals surface area contributed by atoms with Crippen LogP contribution in [0, 0.1) is 0 Å². The molecule has 0 aliphatic heterocycles. The Morgan fingerprint density at radius 1 is 0.310 bits per heavy atom. The first-order valence-electron chi connectivity index (χ1n) is 38.4. The first-order valence-corrected chi connectivity index (χ1v) is 39.9. The average molecular weight is 1390 g/mol. The van der Waals surface area contributed by atoms with Gasteiger partial charge in [0.15, 0.2) is 6.10 Å². The smallest absolute Gasteiger partial charge is 0.462 e. The zero-order valence-electron chi connectivity index (χ0n) is 63.3. The third kappa shape index (κ3) is 80.5. The number of unbranched alkanes of at least 4 members (excludes halogenated alkanes) is 11. The monoisotopic (exact) mass is 1390 g/mol. The van der Waals surface area contributed by atoms with E-state index in [1.165, 1.54) is 32.1 Å². The summed E-state index contributed by atoms with van der Waals surface area (Å²) in [6.45, 7) is 4.11. The maximum atomic E-state index is 12.9. The Labute approximate surface area is 612 Å². The van der Waals surface area contributed by atoms with Crippen molar-refractivity contribution in [2.75, 3.05) is 47.5 Å². The molecular formula is C90H139NO8P+. The highest BCUT2D eigenvalue weighted by Crippen LogP contribution is 2.43. The molecule has 0 spiro atoms. The van der Waals surface area contributed by atoms with Gasteiger partial charge in [0.25, 0.3) is 0 Å². The predicted octanol–water partition coefficient (Wildman–Crippen LogP) is 26.0. The Bertz CT molecular complexity index is 2650. The molecule has 0 saturated carbocycles. The van der Waals surface area contributed by atoms with Gasteiger partial charge in [0, 0.05) is 12.8 Å². The molecule has 2 atom stereocenters. The van der Waals surface area contributed by atoms with Gasteiger partial charge in [-0.3, -0.25) is 18.6 Å². The Morgan fingerprint density at radius 3 is 0.820 bits per heavy atom. The fourth-order valence-electron chi connectivity index (χ4n) is 9.28. The van der Waals surface area contributed by atoms with E-state index >= 15 is 0 Å². The number of esters is 2. The van der Waals surface area contributed by atoms with Crippen LogP contribution < -0.4 is 0 Å². The highest BCUT2D eigenvalue weighted by molar-refractivity contribution is 7.47. The molecule has 0 radical (unpaired) electrons. The van der Waals surface area contributed by atoms with E-state index in [1.54, 1.807) is 0 Å². The zero-order chi connectivity index (χ0) is 72.5. The molecule has 2 unspecified atom stereocenters. The summed E-state index contributed by atoms with van der Waals surface area (Å²) < 4.78 is 34.7. The van der Waals surface area contributed by atoms with Gasteiger partial charge in [-0.1, -0.05) is 314 Å². The molecule has 0 fully saturated rings. The summed E-state index contributed by atoms with van der Waals surface area (Å²) in [4.78, 5) is 35.9. The number of phosphoric ester groups is 1. The average Bonchev–Trinajstić information content (AvgIpc) is 1.07. The van der Waals surface area contributed by atoms with Gasteiger partial charge in [-0.2, -0.15) is 0 Å². The van der Waals surface area contributed by atoms with E-state index in [9.17, 15) is 19.0 Å². The number of hydrogen-bond acceptors (Lipinski definition) is 7. The number of carbonyl (C=O) groups is 2. The third-order valence-electron chi connectivity index (χ3n) is 15.1. The third-order valence-corrected chi connectivity index (χ3v) is 16.0. The first-order chi connectivity index (χ1) is 49.0. The minimum absolute atomic E-state index is 0.00769. The van der Waals surface area contributed by atoms with Gasteiger partial charge in [0.1, 0.15) is 19.8 Å². The lowest BCUT2D eigenvalue weighted by Crippen LogP contribution is -2.37. The molecule has 0 saturated heterocycles. The Morgan fingerprint density at radius 2 is 0.540 bits per heavy atom. The molecule has 0 bridgehead atoms. The molecule has 556 valence electrons. The van der Waals surface area contributed by atoms with Gasteiger partial charge < -0.3 is 18.9 Å². The summed E-state index contributed by atoms with van der Waals surface area (Å²) in [5.74, 6) is -0.876. The lowest BCUT2D eigenvalue weighted by Gasteiger charge is -2.24. The van der Waals surface area contributed by atoms with Gasteiger partial charge >= 0.3 is 19.8 Å². The molecular weight excluding hydrogens is 1250 g/mol. The molecule has 100 heavy (non-hydrogen) atoms. The van der Waals surface area contributed by atoms with E-state index in [-0.39, 0.29) is 26.1 Å². The van der Waals surface area contributed by atoms with E-state index in [2.05, 4.69) is 269 Å². The number of ether oxygens (including phenoxy) is 2. The lowest BCUT2D eigenvalue weighted by atomic mass is 10.1. The van der Waals surface area contributed by atoms with Crippen LogP contribution in [0.1, 0.15) is 245 Å². The fraction of sp³-hybridized carbons (Fsp3) is 0.511. The van der Waals surface area contributed by atoms with E-state index in [1.807, 2.05) is 21.1 Å². The summed E-state index contributed by atoms with van der Waals surface area (Å²) in [6.07, 6.45) is 127. The van der Waals surface area contributed by atoms with Crippen LogP contribution in [0.4, 0.5) is 0 Å². The second-order valence-electron chi connectivity index (χ2n) is 25.6. The summed E-state index contributed by atoms with van der Waals surface area (Å²) in [5.41, 5.74) is 0. The van der Waals surface area contributed by atoms with Crippen LogP contribution in [0.3, 0.4) is 0 Å². The first kappa shape index (κ1) is 93.6. The highest BCUT2D eigenvalue weighted by Gasteiger charge is 2.27. The quantitative estimate of drug-likeness (QED) is 0.0211. The van der Waals surface area contributed by atoms with Crippen LogP contribution in [0.2, 0.25) is 0 Å². The fourth-order valence-corrected chi connectivity index (χ4v) is 10.0. The number of phosphoric acid groups is 1. The number of allylic oxidation sites excluding steroid dienone is 42. The summed E-state index contributed by atoms with van der Waals surface area (Å²) in [6, 6.07) is 0. The Balaban J connectivity index is 4.22. The Hall–Kier alpha value is -6.45. The van der Waals surface area contributed by atoms with Crippen molar-refractivity contribution in [2.24, 2.45) is 0 Å². The summed E-state index contributed by atoms with van der Waals surface area (Å²) >= 11 is 0. The molecule has 0 aliphatic rings. The summed E-state index contributed by atoms with van der Waals surface area (Å²) in [7, 11) is 1.41. The normalized spacial score (nSPS) is 14.5. The lowest BCUT2D eigenvalue weighted by molar-refractivity contribution is -0.870. The molecule has 1 N–H and O–H groups in total. The van der Waals surface area contributed by atoms with Gasteiger partial charge in [0.05, 0.1) is 27.7 Å². The SMILES string of the molecule is CC/C=C\C/C=C\C/C=C\C/C=C\C/C=C\C/C=C\C/C=C\C/C=C\C/C=C\C/C=C\C/C=C\C/C=C\CCCCC(=O)OC(COC(=O)CCCCCCCCCCC/C=C\C/C=C\C/C=C\C/C=C\C/C=C\C/C=C\C/C=C\C/C=C\C/C=C\CC)COP(=O)(O)OCC[N+](C)(C)C. The molecule has 0 aromatic rings. The van der Waals surface area contributed by atoms with Gasteiger partial charge in [0.2, 0.25) is 0 Å². The standard InChI is InChI=1S/C90H138NO8P/c1-6-8-10-12-14-16-18-20-22-24-26-28-30-32-34-36-38-40-42-44-45-47-49-51-53-55-57-59-61-63-65-67-69-71-73-75-77-79-81-83-90(93)99-88(87-98-100(94,95)97-85-84-91(3,4)5)86-96-89(92)82-80-78-76-74-72-70-68-66-64-62-60-58-56-54-52-50-48-46-43-41-39-37-35-33-31-29-27-25-23-21-19-17-15-13-11-9-7-2/h8-11,14-17,20-23,26-29,32-35,38-41,44-46,48-49,51-52,54-55,57-58,60-61,63,67,69,73,75,88H,6-7,12-13,18-19,24-25,30-31,36-37,42-43,47,50,53,56,59,62,64-66,68,70-72,74,76-87H2,1-5H3/p+1/b10-8-,11-9-,16-14-,17-15-,22-20-,23-21-,28-26-,29-27-,34-32-,35-33-,40-38-,41-39-,45-44-,48-46-,51-49-,54-52-,57-55-,60-58-,63-61-,69-67-,75-73-. The maximum Gasteiger partial charge on any atom is 0.472 e. The topological polar surface area (TPSA) is 108 Å². The Kier molecular flexibility index (Phi) is 71.8. The van der Waals surface area contributed by atoms with Crippen LogP contribution >= 0.6 is 7.82 Å². The molecule has 10 heteroatoms. The van der Waals surface area contributed by atoms with E-state index < -0.39 is 32.5 Å². The molecule has 0 aliphatic carbocycles. The number of likely N-dealkylation sites (N-methyl/N-ethyl adjacent to an activating group) is 1. The predicted molar refractivity (Wildman–Crippen MR) is 435 cm³/mol. The van der Waals surface area contributed by atoms with E-state index in [0.29, 0.717) is 23.9 Å². The van der Waals surface area contributed by atoms with Crippen molar-refractivity contribution in [3.8, 4) is 0 Å². The van der Waals surface area contributed by atoms with Crippen molar-refractivity contribution in [2.45, 2.75) is 251 Å². The number of carbonyl (C=O) groups excluding carboxylic acids is 2. The minimum Gasteiger partial charge on any atom is -0.462 e. The van der Waals surface area contributed by atoms with Crippen LogP contribution in [0.5, 0.6) is 0 Å². The summed E-state index contributed by atoms with van der Waals surface area (Å²) in [5, 5.41) is 0. The second-order valence-corrected chi connectivity index (χ2v) is 27.0. The number of quaternary nitrogens is 1. The molecule has 9 nitrogen and oxygen atoms in total. The van der Waals surface area contributed by atoms with Crippen LogP contribution in [0.25, 0.3) is 0 Å². The van der Waals surface area contributed by atoms with Crippen molar-refractivity contribution in [1.82, 2.24) is 0 Å². The second kappa shape index (κ2) is 76.7. The van der Waals surface area contributed by atoms with Gasteiger partial charge in [-0.05, 0) is 173 Å². The number of nitrogens with zero attached hydrogens (tertiary/aromatic N) is 1. The van der Waals surface area contributed by atoms with E-state index in [4.69, 9.17) is 18.5 Å². The van der Waals surface area contributed by atoms with Crippen molar-refractivity contribution < 1.29 is 42.1 Å². The van der Waals surface area contributed by atoms with Crippen LogP contribution in [-0.4, -0.2) is 74.9 Å². The zero-order valence-corrected chi connectivity index (χ0v) is 64.2.